The molecule has 0 spiro atoms. The Hall–Kier alpha value is -1.03. The molecule has 0 aromatic carbocycles. The summed E-state index contributed by atoms with van der Waals surface area (Å²) in [6.45, 7) is 3.93. The highest BCUT2D eigenvalue weighted by Gasteiger charge is 2.36. The van der Waals surface area contributed by atoms with Crippen molar-refractivity contribution in [1.29, 1.82) is 0 Å². The summed E-state index contributed by atoms with van der Waals surface area (Å²) in [4.78, 5) is 8.49. The predicted octanol–water partition coefficient (Wildman–Crippen LogP) is 2.84. The number of ether oxygens (including phenoxy) is 1. The van der Waals surface area contributed by atoms with Crippen molar-refractivity contribution >= 4 is 17.4 Å². The number of anilines is 1. The van der Waals surface area contributed by atoms with Gasteiger partial charge in [-0.15, -0.1) is 11.6 Å². The van der Waals surface area contributed by atoms with Crippen LogP contribution in [0.5, 0.6) is 5.88 Å². The molecule has 1 heterocycles. The molecule has 1 N–H and O–H groups in total. The molecule has 1 aromatic rings. The molecular formula is C12H18ClN3O. The Morgan fingerprint density at radius 3 is 2.76 bits per heavy atom. The fourth-order valence-corrected chi connectivity index (χ4v) is 2.21. The minimum absolute atomic E-state index is 0.00664. The van der Waals surface area contributed by atoms with E-state index in [-0.39, 0.29) is 11.6 Å². The number of alkyl halides is 1. The van der Waals surface area contributed by atoms with Gasteiger partial charge in [0.25, 0.3) is 0 Å². The van der Waals surface area contributed by atoms with Gasteiger partial charge < -0.3 is 10.1 Å². The average Bonchev–Trinajstić information content (AvgIpc) is 2.23. The zero-order valence-corrected chi connectivity index (χ0v) is 11.0. The van der Waals surface area contributed by atoms with Crippen LogP contribution in [0, 0.1) is 0 Å². The number of hydrogen-bond donors (Lipinski definition) is 1. The van der Waals surface area contributed by atoms with Crippen LogP contribution in [0.15, 0.2) is 12.4 Å². The van der Waals surface area contributed by atoms with Crippen molar-refractivity contribution in [1.82, 2.24) is 9.97 Å². The van der Waals surface area contributed by atoms with E-state index in [1.165, 1.54) is 6.42 Å². The molecule has 0 unspecified atom stereocenters. The van der Waals surface area contributed by atoms with Gasteiger partial charge in [-0.05, 0) is 33.1 Å². The maximum atomic E-state index is 5.99. The molecule has 1 aliphatic rings. The molecule has 0 atom stereocenters. The van der Waals surface area contributed by atoms with Gasteiger partial charge in [0.1, 0.15) is 5.82 Å². The lowest BCUT2D eigenvalue weighted by Gasteiger charge is -2.41. The van der Waals surface area contributed by atoms with Crippen molar-refractivity contribution < 1.29 is 4.74 Å². The van der Waals surface area contributed by atoms with Crippen LogP contribution < -0.4 is 10.1 Å². The van der Waals surface area contributed by atoms with Crippen LogP contribution >= 0.6 is 11.6 Å². The van der Waals surface area contributed by atoms with E-state index in [9.17, 15) is 0 Å². The van der Waals surface area contributed by atoms with Crippen LogP contribution in [0.4, 0.5) is 5.82 Å². The van der Waals surface area contributed by atoms with Gasteiger partial charge in [-0.25, -0.2) is 0 Å². The molecule has 2 rings (SSSR count). The Balaban J connectivity index is 2.05. The molecule has 1 fully saturated rings. The summed E-state index contributed by atoms with van der Waals surface area (Å²) in [7, 11) is 0. The highest BCUT2D eigenvalue weighted by molar-refractivity contribution is 6.19. The monoisotopic (exact) mass is 255 g/mol. The number of hydrogen-bond acceptors (Lipinski definition) is 4. The molecule has 1 aliphatic carbocycles. The molecule has 17 heavy (non-hydrogen) atoms. The maximum Gasteiger partial charge on any atom is 0.234 e. The van der Waals surface area contributed by atoms with E-state index in [1.54, 1.807) is 12.4 Å². The summed E-state index contributed by atoms with van der Waals surface area (Å²) in [6, 6.07) is 0. The smallest absolute Gasteiger partial charge is 0.234 e. The number of aromatic nitrogens is 2. The fraction of sp³-hybridized carbons (Fsp3) is 0.667. The highest BCUT2D eigenvalue weighted by Crippen LogP contribution is 2.35. The van der Waals surface area contributed by atoms with E-state index in [1.807, 2.05) is 13.8 Å². The second-order valence-electron chi connectivity index (χ2n) is 4.80. The normalized spacial score (nSPS) is 17.6. The SMILES string of the molecule is CC(C)Oc1cncc(NC2(CCl)CCC2)n1. The van der Waals surface area contributed by atoms with Gasteiger partial charge in [0.05, 0.1) is 24.0 Å². The van der Waals surface area contributed by atoms with E-state index in [0.717, 1.165) is 18.7 Å². The lowest BCUT2D eigenvalue weighted by molar-refractivity contribution is 0.231. The van der Waals surface area contributed by atoms with Gasteiger partial charge in [-0.1, -0.05) is 0 Å². The summed E-state index contributed by atoms with van der Waals surface area (Å²) in [5.41, 5.74) is 0.00664. The first kappa shape index (κ1) is 12.4. The number of halogens is 1. The first-order chi connectivity index (χ1) is 8.13. The molecule has 0 radical (unpaired) electrons. The second kappa shape index (κ2) is 5.08. The largest absolute Gasteiger partial charge is 0.474 e. The molecular weight excluding hydrogens is 238 g/mol. The Kier molecular flexibility index (Phi) is 3.72. The fourth-order valence-electron chi connectivity index (χ4n) is 1.87. The summed E-state index contributed by atoms with van der Waals surface area (Å²) < 4.78 is 5.51. The van der Waals surface area contributed by atoms with E-state index >= 15 is 0 Å². The van der Waals surface area contributed by atoms with Crippen molar-refractivity contribution in [3.8, 4) is 5.88 Å². The van der Waals surface area contributed by atoms with Crippen LogP contribution in [-0.4, -0.2) is 27.5 Å². The van der Waals surface area contributed by atoms with Crippen LogP contribution in [0.25, 0.3) is 0 Å². The van der Waals surface area contributed by atoms with Crippen LogP contribution in [-0.2, 0) is 0 Å². The van der Waals surface area contributed by atoms with Crippen molar-refractivity contribution in [3.05, 3.63) is 12.4 Å². The second-order valence-corrected chi connectivity index (χ2v) is 5.07. The van der Waals surface area contributed by atoms with Crippen LogP contribution in [0.3, 0.4) is 0 Å². The number of nitrogens with zero attached hydrogens (tertiary/aromatic N) is 2. The molecule has 5 heteroatoms. The summed E-state index contributed by atoms with van der Waals surface area (Å²) in [5, 5.41) is 3.37. The lowest BCUT2D eigenvalue weighted by atomic mass is 9.78. The van der Waals surface area contributed by atoms with Gasteiger partial charge in [0.15, 0.2) is 0 Å². The Bertz CT molecular complexity index is 374. The quantitative estimate of drug-likeness (QED) is 0.822. The predicted molar refractivity (Wildman–Crippen MR) is 68.7 cm³/mol. The summed E-state index contributed by atoms with van der Waals surface area (Å²) in [5.74, 6) is 1.89. The number of nitrogens with one attached hydrogen (secondary N) is 1. The van der Waals surface area contributed by atoms with Gasteiger partial charge in [-0.2, -0.15) is 4.98 Å². The van der Waals surface area contributed by atoms with Crippen molar-refractivity contribution in [2.75, 3.05) is 11.2 Å². The lowest BCUT2D eigenvalue weighted by Crippen LogP contribution is -2.47. The minimum atomic E-state index is 0.00664. The third-order valence-electron chi connectivity index (χ3n) is 2.93. The van der Waals surface area contributed by atoms with E-state index in [2.05, 4.69) is 15.3 Å². The molecule has 94 valence electrons. The minimum Gasteiger partial charge on any atom is -0.474 e. The zero-order chi connectivity index (χ0) is 12.3. The Morgan fingerprint density at radius 2 is 2.24 bits per heavy atom. The van der Waals surface area contributed by atoms with E-state index < -0.39 is 0 Å². The number of rotatable bonds is 5. The molecule has 4 nitrogen and oxygen atoms in total. The standard InChI is InChI=1S/C12H18ClN3O/c1-9(2)17-11-7-14-6-10(15-11)16-12(8-13)4-3-5-12/h6-7,9H,3-5,8H2,1-2H3,(H,15,16). The molecule has 0 bridgehead atoms. The van der Waals surface area contributed by atoms with Crippen molar-refractivity contribution in [2.24, 2.45) is 0 Å². The maximum absolute atomic E-state index is 5.99. The molecule has 0 saturated heterocycles. The van der Waals surface area contributed by atoms with E-state index in [0.29, 0.717) is 11.8 Å². The average molecular weight is 256 g/mol. The van der Waals surface area contributed by atoms with Gasteiger partial charge in [0.2, 0.25) is 5.88 Å². The third-order valence-corrected chi connectivity index (χ3v) is 3.44. The summed E-state index contributed by atoms with van der Waals surface area (Å²) in [6.07, 6.45) is 6.83. The van der Waals surface area contributed by atoms with Crippen molar-refractivity contribution in [2.45, 2.75) is 44.8 Å². The van der Waals surface area contributed by atoms with Gasteiger partial charge in [0, 0.05) is 5.88 Å². The summed E-state index contributed by atoms with van der Waals surface area (Å²) >= 11 is 5.99. The van der Waals surface area contributed by atoms with Crippen molar-refractivity contribution in [3.63, 3.8) is 0 Å². The van der Waals surface area contributed by atoms with Crippen LogP contribution in [0.2, 0.25) is 0 Å². The highest BCUT2D eigenvalue weighted by atomic mass is 35.5. The molecule has 0 amide bonds. The third kappa shape index (κ3) is 3.00. The topological polar surface area (TPSA) is 47.0 Å². The van der Waals surface area contributed by atoms with Crippen LogP contribution in [0.1, 0.15) is 33.1 Å². The Labute approximate surface area is 107 Å². The first-order valence-electron chi connectivity index (χ1n) is 5.96. The molecule has 0 aliphatic heterocycles. The zero-order valence-electron chi connectivity index (χ0n) is 10.2. The van der Waals surface area contributed by atoms with Gasteiger partial charge >= 0.3 is 0 Å². The Morgan fingerprint density at radius 1 is 1.47 bits per heavy atom. The van der Waals surface area contributed by atoms with Gasteiger partial charge in [-0.3, -0.25) is 4.98 Å². The molecule has 1 saturated carbocycles. The van der Waals surface area contributed by atoms with E-state index in [4.69, 9.17) is 16.3 Å². The molecule has 1 aromatic heterocycles. The first-order valence-corrected chi connectivity index (χ1v) is 6.50.